The van der Waals surface area contributed by atoms with Gasteiger partial charge in [0, 0.05) is 32.1 Å². The number of carbonyl (C=O) groups excluding carboxylic acids is 1. The van der Waals surface area contributed by atoms with Crippen molar-refractivity contribution in [3.8, 4) is 0 Å². The first-order valence-electron chi connectivity index (χ1n) is 7.08. The van der Waals surface area contributed by atoms with Gasteiger partial charge in [-0.25, -0.2) is 0 Å². The van der Waals surface area contributed by atoms with Gasteiger partial charge in [0.2, 0.25) is 5.91 Å². The molecule has 0 atom stereocenters. The molecule has 0 radical (unpaired) electrons. The molecule has 0 spiro atoms. The molecule has 1 N–H and O–H groups in total. The van der Waals surface area contributed by atoms with Crippen LogP contribution in [0.4, 0.5) is 0 Å². The van der Waals surface area contributed by atoms with Crippen LogP contribution in [0.3, 0.4) is 0 Å². The smallest absolute Gasteiger partial charge is 0.224 e. The highest BCUT2D eigenvalue weighted by atomic mass is 35.5. The Balaban J connectivity index is 1.49. The number of nitrogens with zero attached hydrogens (tertiary/aromatic N) is 4. The zero-order valence-electron chi connectivity index (χ0n) is 11.9. The summed E-state index contributed by atoms with van der Waals surface area (Å²) < 4.78 is 1.68. The van der Waals surface area contributed by atoms with Gasteiger partial charge in [0.05, 0.1) is 29.2 Å². The van der Waals surface area contributed by atoms with E-state index < -0.39 is 0 Å². The number of H-pyrrole nitrogens is 1. The fraction of sp³-hybridized carbons (Fsp3) is 0.500. The van der Waals surface area contributed by atoms with E-state index >= 15 is 0 Å². The Morgan fingerprint density at radius 2 is 2.38 bits per heavy atom. The van der Waals surface area contributed by atoms with Gasteiger partial charge in [-0.15, -0.1) is 0 Å². The minimum atomic E-state index is 0.0733. The van der Waals surface area contributed by atoms with Gasteiger partial charge in [0.15, 0.2) is 0 Å². The molecule has 0 bridgehead atoms. The first-order chi connectivity index (χ1) is 10.1. The zero-order chi connectivity index (χ0) is 14.8. The summed E-state index contributed by atoms with van der Waals surface area (Å²) in [5.74, 6) is 0.699. The summed E-state index contributed by atoms with van der Waals surface area (Å²) in [6.45, 7) is 1.09. The minimum absolute atomic E-state index is 0.0733. The molecule has 112 valence electrons. The largest absolute Gasteiger partial charge is 0.340 e. The molecule has 1 fully saturated rings. The number of halogens is 1. The van der Waals surface area contributed by atoms with E-state index in [1.54, 1.807) is 29.0 Å². The lowest BCUT2D eigenvalue weighted by Gasteiger charge is -2.16. The molecule has 0 aliphatic heterocycles. The van der Waals surface area contributed by atoms with Crippen LogP contribution in [0.25, 0.3) is 0 Å². The first kappa shape index (κ1) is 14.1. The number of hydrogen-bond donors (Lipinski definition) is 1. The van der Waals surface area contributed by atoms with Gasteiger partial charge >= 0.3 is 0 Å². The molecule has 3 rings (SSSR count). The summed E-state index contributed by atoms with van der Waals surface area (Å²) in [5, 5.41) is 11.9. The predicted molar refractivity (Wildman–Crippen MR) is 78.9 cm³/mol. The number of hydrogen-bond acceptors (Lipinski definition) is 3. The Kier molecular flexibility index (Phi) is 3.96. The highest BCUT2D eigenvalue weighted by Crippen LogP contribution is 2.39. The number of aromatic nitrogens is 4. The van der Waals surface area contributed by atoms with E-state index in [-0.39, 0.29) is 5.91 Å². The number of rotatable bonds is 6. The molecule has 21 heavy (non-hydrogen) atoms. The molecule has 1 aliphatic rings. The molecule has 6 nitrogen and oxygen atoms in total. The van der Waals surface area contributed by atoms with Gasteiger partial charge in [0.25, 0.3) is 0 Å². The zero-order valence-corrected chi connectivity index (χ0v) is 12.7. The van der Waals surface area contributed by atoms with E-state index in [0.29, 0.717) is 30.5 Å². The van der Waals surface area contributed by atoms with Crippen LogP contribution >= 0.6 is 11.6 Å². The lowest BCUT2D eigenvalue weighted by molar-refractivity contribution is -0.130. The van der Waals surface area contributed by atoms with Gasteiger partial charge in [-0.05, 0) is 18.9 Å². The van der Waals surface area contributed by atoms with Crippen LogP contribution in [0.1, 0.15) is 36.6 Å². The minimum Gasteiger partial charge on any atom is -0.340 e. The average molecular weight is 308 g/mol. The Morgan fingerprint density at radius 1 is 1.57 bits per heavy atom. The summed E-state index contributed by atoms with van der Waals surface area (Å²) in [6.07, 6.45) is 6.14. The molecular weight excluding hydrogens is 290 g/mol. The van der Waals surface area contributed by atoms with E-state index in [0.717, 1.165) is 11.4 Å². The van der Waals surface area contributed by atoms with E-state index in [2.05, 4.69) is 21.4 Å². The third kappa shape index (κ3) is 3.64. The first-order valence-corrected chi connectivity index (χ1v) is 7.45. The van der Waals surface area contributed by atoms with E-state index in [1.807, 2.05) is 0 Å². The van der Waals surface area contributed by atoms with Crippen LogP contribution in [0.5, 0.6) is 0 Å². The Hall–Kier alpha value is -1.82. The fourth-order valence-corrected chi connectivity index (χ4v) is 2.41. The van der Waals surface area contributed by atoms with Crippen LogP contribution in [-0.2, 0) is 17.9 Å². The van der Waals surface area contributed by atoms with Crippen molar-refractivity contribution in [2.45, 2.75) is 38.3 Å². The lowest BCUT2D eigenvalue weighted by Crippen LogP contribution is -2.27. The molecule has 0 unspecified atom stereocenters. The van der Waals surface area contributed by atoms with Crippen molar-refractivity contribution in [2.24, 2.45) is 0 Å². The summed E-state index contributed by atoms with van der Waals surface area (Å²) in [7, 11) is 1.80. The summed E-state index contributed by atoms with van der Waals surface area (Å²) >= 11 is 5.79. The quantitative estimate of drug-likeness (QED) is 0.889. The lowest BCUT2D eigenvalue weighted by atomic mass is 10.2. The van der Waals surface area contributed by atoms with Crippen molar-refractivity contribution in [1.82, 2.24) is 24.9 Å². The second kappa shape index (κ2) is 5.89. The van der Waals surface area contributed by atoms with Crippen LogP contribution < -0.4 is 0 Å². The summed E-state index contributed by atoms with van der Waals surface area (Å²) in [6, 6.07) is 2.06. The molecular formula is C14H18ClN5O. The van der Waals surface area contributed by atoms with Crippen LogP contribution in [0.15, 0.2) is 18.5 Å². The topological polar surface area (TPSA) is 66.8 Å². The number of aromatic amines is 1. The number of nitrogens with one attached hydrogen (secondary N) is 1. The van der Waals surface area contributed by atoms with Gasteiger partial charge in [-0.3, -0.25) is 14.6 Å². The molecule has 2 aromatic heterocycles. The molecule has 0 saturated heterocycles. The molecule has 2 heterocycles. The maximum absolute atomic E-state index is 12.1. The van der Waals surface area contributed by atoms with Gasteiger partial charge in [0.1, 0.15) is 0 Å². The third-order valence-electron chi connectivity index (χ3n) is 3.64. The van der Waals surface area contributed by atoms with Crippen LogP contribution in [-0.4, -0.2) is 37.8 Å². The van der Waals surface area contributed by atoms with Crippen molar-refractivity contribution >= 4 is 17.5 Å². The maximum atomic E-state index is 12.1. The standard InChI is InChI=1S/C14H18ClN5O/c1-19(9-12-6-13(18-17-12)10-2-3-10)14(21)4-5-20-8-11(15)7-16-20/h6-8,10H,2-5,9H2,1H3,(H,17,18). The van der Waals surface area contributed by atoms with Gasteiger partial charge in [-0.2, -0.15) is 10.2 Å². The Bertz CT molecular complexity index is 631. The molecule has 1 aliphatic carbocycles. The fourth-order valence-electron chi connectivity index (χ4n) is 2.25. The highest BCUT2D eigenvalue weighted by Gasteiger charge is 2.26. The molecule has 1 amide bonds. The number of aryl methyl sites for hydroxylation is 1. The van der Waals surface area contributed by atoms with Crippen molar-refractivity contribution in [2.75, 3.05) is 7.05 Å². The van der Waals surface area contributed by atoms with Gasteiger partial charge in [-0.1, -0.05) is 11.6 Å². The normalized spacial score (nSPS) is 14.4. The third-order valence-corrected chi connectivity index (χ3v) is 3.83. The SMILES string of the molecule is CN(Cc1cc(C2CC2)n[nH]1)C(=O)CCn1cc(Cl)cn1. The maximum Gasteiger partial charge on any atom is 0.224 e. The van der Waals surface area contributed by atoms with E-state index in [9.17, 15) is 4.79 Å². The predicted octanol–water partition coefficient (Wildman–Crippen LogP) is 2.19. The van der Waals surface area contributed by atoms with Crippen molar-refractivity contribution in [3.63, 3.8) is 0 Å². The van der Waals surface area contributed by atoms with Crippen molar-refractivity contribution in [1.29, 1.82) is 0 Å². The summed E-state index contributed by atoms with van der Waals surface area (Å²) in [4.78, 5) is 13.8. The second-order valence-electron chi connectivity index (χ2n) is 5.51. The molecule has 1 saturated carbocycles. The summed E-state index contributed by atoms with van der Waals surface area (Å²) in [5.41, 5.74) is 2.10. The number of carbonyl (C=O) groups is 1. The van der Waals surface area contributed by atoms with Crippen molar-refractivity contribution < 1.29 is 4.79 Å². The van der Waals surface area contributed by atoms with Gasteiger partial charge < -0.3 is 4.90 Å². The number of amides is 1. The second-order valence-corrected chi connectivity index (χ2v) is 5.95. The Labute approximate surface area is 128 Å². The average Bonchev–Trinajstić information content (AvgIpc) is 3.07. The Morgan fingerprint density at radius 3 is 3.05 bits per heavy atom. The molecule has 7 heteroatoms. The monoisotopic (exact) mass is 307 g/mol. The van der Waals surface area contributed by atoms with E-state index in [4.69, 9.17) is 11.6 Å². The van der Waals surface area contributed by atoms with E-state index in [1.165, 1.54) is 12.8 Å². The van der Waals surface area contributed by atoms with Crippen LogP contribution in [0, 0.1) is 0 Å². The molecule has 0 aromatic carbocycles. The van der Waals surface area contributed by atoms with Crippen molar-refractivity contribution in [3.05, 3.63) is 34.9 Å². The molecule has 2 aromatic rings. The highest BCUT2D eigenvalue weighted by molar-refractivity contribution is 6.30. The van der Waals surface area contributed by atoms with Crippen LogP contribution in [0.2, 0.25) is 5.02 Å².